The Morgan fingerprint density at radius 2 is 2.21 bits per heavy atom. The van der Waals surface area contributed by atoms with Crippen molar-refractivity contribution < 1.29 is 14.3 Å². The van der Waals surface area contributed by atoms with Gasteiger partial charge in [0, 0.05) is 0 Å². The maximum atomic E-state index is 11.2. The van der Waals surface area contributed by atoms with E-state index >= 15 is 0 Å². The fraction of sp³-hybridized carbons (Fsp3) is 0.533. The molecule has 104 valence electrons. The van der Waals surface area contributed by atoms with Gasteiger partial charge in [0.25, 0.3) is 0 Å². The molecule has 1 saturated heterocycles. The third-order valence-electron chi connectivity index (χ3n) is 3.62. The van der Waals surface area contributed by atoms with Gasteiger partial charge in [-0.05, 0) is 56.0 Å². The maximum Gasteiger partial charge on any atom is 0.171 e. The number of aldehydes is 1. The molecule has 4 heteroatoms. The molecule has 1 heterocycles. The minimum atomic E-state index is 0.517. The van der Waals surface area contributed by atoms with Gasteiger partial charge in [-0.2, -0.15) is 0 Å². The van der Waals surface area contributed by atoms with E-state index in [-0.39, 0.29) is 0 Å². The summed E-state index contributed by atoms with van der Waals surface area (Å²) in [6, 6.07) is 3.88. The second kappa shape index (κ2) is 6.57. The van der Waals surface area contributed by atoms with Crippen molar-refractivity contribution in [3.05, 3.63) is 23.3 Å². The van der Waals surface area contributed by atoms with Crippen LogP contribution in [0.15, 0.2) is 12.1 Å². The van der Waals surface area contributed by atoms with Crippen LogP contribution in [0.4, 0.5) is 0 Å². The van der Waals surface area contributed by atoms with E-state index in [9.17, 15) is 4.79 Å². The van der Waals surface area contributed by atoms with Gasteiger partial charge in [0.1, 0.15) is 0 Å². The zero-order valence-electron chi connectivity index (χ0n) is 11.6. The van der Waals surface area contributed by atoms with Crippen LogP contribution in [0, 0.1) is 5.92 Å². The molecule has 0 saturated carbocycles. The van der Waals surface area contributed by atoms with Crippen molar-refractivity contribution in [1.29, 1.82) is 0 Å². The highest BCUT2D eigenvalue weighted by atomic mass is 16.5. The number of hydrogen-bond donors (Lipinski definition) is 1. The van der Waals surface area contributed by atoms with Gasteiger partial charge in [0.05, 0.1) is 19.8 Å². The van der Waals surface area contributed by atoms with Crippen LogP contribution in [0.25, 0.3) is 0 Å². The lowest BCUT2D eigenvalue weighted by Crippen LogP contribution is -2.30. The average molecular weight is 263 g/mol. The number of nitrogens with one attached hydrogen (secondary N) is 1. The maximum absolute atomic E-state index is 11.2. The molecular weight excluding hydrogens is 242 g/mol. The SMILES string of the molecule is COc1cc(CC2CCCNC2)cc(C=O)c1OC. The van der Waals surface area contributed by atoms with E-state index in [0.29, 0.717) is 23.0 Å². The lowest BCUT2D eigenvalue weighted by atomic mass is 9.91. The van der Waals surface area contributed by atoms with Gasteiger partial charge < -0.3 is 14.8 Å². The summed E-state index contributed by atoms with van der Waals surface area (Å²) in [5.41, 5.74) is 1.69. The summed E-state index contributed by atoms with van der Waals surface area (Å²) in [7, 11) is 3.15. The number of hydrogen-bond acceptors (Lipinski definition) is 4. The zero-order valence-corrected chi connectivity index (χ0v) is 11.6. The average Bonchev–Trinajstić information content (AvgIpc) is 2.47. The molecule has 0 spiro atoms. The van der Waals surface area contributed by atoms with Crippen LogP contribution in [-0.2, 0) is 6.42 Å². The van der Waals surface area contributed by atoms with Crippen molar-refractivity contribution in [2.75, 3.05) is 27.3 Å². The second-order valence-electron chi connectivity index (χ2n) is 4.95. The van der Waals surface area contributed by atoms with Crippen LogP contribution < -0.4 is 14.8 Å². The van der Waals surface area contributed by atoms with E-state index in [2.05, 4.69) is 5.32 Å². The molecule has 1 aliphatic rings. The third kappa shape index (κ3) is 3.26. The first-order valence-electron chi connectivity index (χ1n) is 6.69. The Kier molecular flexibility index (Phi) is 4.80. The van der Waals surface area contributed by atoms with Crippen molar-refractivity contribution in [3.63, 3.8) is 0 Å². The fourth-order valence-corrected chi connectivity index (χ4v) is 2.69. The minimum Gasteiger partial charge on any atom is -0.493 e. The Balaban J connectivity index is 2.22. The summed E-state index contributed by atoms with van der Waals surface area (Å²) in [6.45, 7) is 2.16. The number of methoxy groups -OCH3 is 2. The molecule has 0 amide bonds. The second-order valence-corrected chi connectivity index (χ2v) is 4.95. The number of benzene rings is 1. The van der Waals surface area contributed by atoms with Crippen LogP contribution in [0.3, 0.4) is 0 Å². The van der Waals surface area contributed by atoms with Crippen molar-refractivity contribution >= 4 is 6.29 Å². The predicted octanol–water partition coefficient (Wildman–Crippen LogP) is 2.06. The quantitative estimate of drug-likeness (QED) is 0.826. The summed E-state index contributed by atoms with van der Waals surface area (Å²) in [6.07, 6.45) is 4.24. The van der Waals surface area contributed by atoms with Crippen LogP contribution in [0.2, 0.25) is 0 Å². The van der Waals surface area contributed by atoms with Gasteiger partial charge in [-0.1, -0.05) is 0 Å². The van der Waals surface area contributed by atoms with E-state index in [1.54, 1.807) is 14.2 Å². The molecule has 4 nitrogen and oxygen atoms in total. The molecule has 0 aliphatic carbocycles. The van der Waals surface area contributed by atoms with Crippen LogP contribution in [-0.4, -0.2) is 33.6 Å². The van der Waals surface area contributed by atoms with Crippen molar-refractivity contribution in [2.45, 2.75) is 19.3 Å². The van der Waals surface area contributed by atoms with Gasteiger partial charge in [-0.3, -0.25) is 4.79 Å². The first kappa shape index (κ1) is 13.9. The van der Waals surface area contributed by atoms with E-state index < -0.39 is 0 Å². The summed E-state index contributed by atoms with van der Waals surface area (Å²) in [4.78, 5) is 11.2. The highest BCUT2D eigenvalue weighted by molar-refractivity contribution is 5.81. The van der Waals surface area contributed by atoms with Gasteiger partial charge in [0.2, 0.25) is 0 Å². The number of carbonyl (C=O) groups excluding carboxylic acids is 1. The van der Waals surface area contributed by atoms with Crippen LogP contribution >= 0.6 is 0 Å². The zero-order chi connectivity index (χ0) is 13.7. The van der Waals surface area contributed by atoms with E-state index in [4.69, 9.17) is 9.47 Å². The third-order valence-corrected chi connectivity index (χ3v) is 3.62. The molecule has 0 radical (unpaired) electrons. The Bertz CT molecular complexity index is 439. The van der Waals surface area contributed by atoms with Crippen molar-refractivity contribution in [2.24, 2.45) is 5.92 Å². The van der Waals surface area contributed by atoms with E-state index in [1.807, 2.05) is 12.1 Å². The largest absolute Gasteiger partial charge is 0.493 e. The lowest BCUT2D eigenvalue weighted by Gasteiger charge is -2.23. The monoisotopic (exact) mass is 263 g/mol. The Morgan fingerprint density at radius 3 is 2.79 bits per heavy atom. The van der Waals surface area contributed by atoms with Crippen LogP contribution in [0.1, 0.15) is 28.8 Å². The Hall–Kier alpha value is -1.55. The first-order valence-corrected chi connectivity index (χ1v) is 6.69. The molecule has 1 fully saturated rings. The molecule has 1 unspecified atom stereocenters. The smallest absolute Gasteiger partial charge is 0.171 e. The molecule has 1 aliphatic heterocycles. The highest BCUT2D eigenvalue weighted by Crippen LogP contribution is 2.32. The molecular formula is C15H21NO3. The van der Waals surface area contributed by atoms with Crippen molar-refractivity contribution in [1.82, 2.24) is 5.32 Å². The first-order chi connectivity index (χ1) is 9.28. The lowest BCUT2D eigenvalue weighted by molar-refractivity contribution is 0.112. The normalized spacial score (nSPS) is 18.9. The molecule has 1 N–H and O–H groups in total. The van der Waals surface area contributed by atoms with Gasteiger partial charge in [-0.15, -0.1) is 0 Å². The topological polar surface area (TPSA) is 47.6 Å². The summed E-state index contributed by atoms with van der Waals surface area (Å²) >= 11 is 0. The van der Waals surface area contributed by atoms with Gasteiger partial charge in [0.15, 0.2) is 17.8 Å². The Labute approximate surface area is 114 Å². The number of piperidine rings is 1. The molecule has 19 heavy (non-hydrogen) atoms. The molecule has 0 aromatic heterocycles. The van der Waals surface area contributed by atoms with E-state index in [1.165, 1.54) is 12.8 Å². The van der Waals surface area contributed by atoms with Gasteiger partial charge >= 0.3 is 0 Å². The summed E-state index contributed by atoms with van der Waals surface area (Å²) in [5.74, 6) is 1.78. The fourth-order valence-electron chi connectivity index (χ4n) is 2.69. The number of ether oxygens (including phenoxy) is 2. The predicted molar refractivity (Wildman–Crippen MR) is 74.2 cm³/mol. The standard InChI is InChI=1S/C15H21NO3/c1-18-14-8-12(6-11-4-3-5-16-9-11)7-13(10-17)15(14)19-2/h7-8,10-11,16H,3-6,9H2,1-2H3. The van der Waals surface area contributed by atoms with E-state index in [0.717, 1.165) is 31.4 Å². The molecule has 0 bridgehead atoms. The molecule has 1 aromatic rings. The Morgan fingerprint density at radius 1 is 1.37 bits per heavy atom. The minimum absolute atomic E-state index is 0.517. The van der Waals surface area contributed by atoms with Crippen molar-refractivity contribution in [3.8, 4) is 11.5 Å². The molecule has 2 rings (SSSR count). The summed E-state index contributed by atoms with van der Waals surface area (Å²) in [5, 5.41) is 3.41. The van der Waals surface area contributed by atoms with Gasteiger partial charge in [-0.25, -0.2) is 0 Å². The molecule has 1 atom stereocenters. The summed E-state index contributed by atoms with van der Waals surface area (Å²) < 4.78 is 10.5. The highest BCUT2D eigenvalue weighted by Gasteiger charge is 2.17. The number of rotatable bonds is 5. The van der Waals surface area contributed by atoms with Crippen LogP contribution in [0.5, 0.6) is 11.5 Å². The number of carbonyl (C=O) groups is 1. The molecule has 1 aromatic carbocycles.